The van der Waals surface area contributed by atoms with Crippen LogP contribution in [0.25, 0.3) is 0 Å². The molecule has 0 saturated carbocycles. The molecule has 10 nitrogen and oxygen atoms in total. The van der Waals surface area contributed by atoms with Gasteiger partial charge in [0, 0.05) is 16.3 Å². The Balaban J connectivity index is 1.58. The van der Waals surface area contributed by atoms with E-state index in [1.807, 2.05) is 64.2 Å². The second-order valence-corrected chi connectivity index (χ2v) is 13.1. The van der Waals surface area contributed by atoms with E-state index in [-0.39, 0.29) is 17.9 Å². The Labute approximate surface area is 276 Å². The minimum absolute atomic E-state index is 0.0545. The Bertz CT molecular complexity index is 1590. The van der Waals surface area contributed by atoms with Crippen molar-refractivity contribution in [2.45, 2.75) is 82.4 Å². The molecule has 1 aromatic carbocycles. The van der Waals surface area contributed by atoms with Crippen molar-refractivity contribution in [3.63, 3.8) is 0 Å². The zero-order chi connectivity index (χ0) is 33.3. The Morgan fingerprint density at radius 3 is 2.67 bits per heavy atom. The summed E-state index contributed by atoms with van der Waals surface area (Å²) < 4.78 is 4.75. The van der Waals surface area contributed by atoms with Gasteiger partial charge in [-0.15, -0.1) is 0 Å². The molecule has 4 N–H and O–H groups in total. The molecule has 46 heavy (non-hydrogen) atoms. The van der Waals surface area contributed by atoms with Crippen LogP contribution in [0.2, 0.25) is 0 Å². The molecule has 0 radical (unpaired) electrons. The molecular formula is C35H43N7O3S. The minimum atomic E-state index is -0.822. The predicted molar refractivity (Wildman–Crippen MR) is 183 cm³/mol. The van der Waals surface area contributed by atoms with E-state index >= 15 is 0 Å². The molecule has 1 saturated heterocycles. The van der Waals surface area contributed by atoms with Crippen molar-refractivity contribution in [3.8, 4) is 23.7 Å². The zero-order valence-electron chi connectivity index (χ0n) is 27.2. The lowest BCUT2D eigenvalue weighted by Crippen LogP contribution is -2.54. The number of nitrogens with zero attached hydrogens (tertiary/aromatic N) is 4. The van der Waals surface area contributed by atoms with Crippen molar-refractivity contribution in [1.29, 1.82) is 0 Å². The number of nitrogens with two attached hydrogens (primary N) is 1. The molecule has 2 aliphatic heterocycles. The van der Waals surface area contributed by atoms with Crippen LogP contribution in [0.1, 0.15) is 70.9 Å². The number of aromatic amines is 1. The summed E-state index contributed by atoms with van der Waals surface area (Å²) in [5.74, 6) is 13.2. The molecule has 0 aliphatic carbocycles. The highest BCUT2D eigenvalue weighted by Gasteiger charge is 2.39. The van der Waals surface area contributed by atoms with E-state index in [2.05, 4.69) is 50.5 Å². The number of carbonyl (C=O) groups excluding carboxylic acids is 2. The fraction of sp³-hybridized carbons (Fsp3) is 0.457. The average Bonchev–Trinajstić information content (AvgIpc) is 3.84. The van der Waals surface area contributed by atoms with Gasteiger partial charge in [0.05, 0.1) is 30.8 Å². The van der Waals surface area contributed by atoms with Gasteiger partial charge < -0.3 is 25.7 Å². The highest BCUT2D eigenvalue weighted by molar-refractivity contribution is 8.03. The molecule has 2 amide bonds. The number of likely N-dealkylation sites (tertiary alicyclic amines) is 1. The summed E-state index contributed by atoms with van der Waals surface area (Å²) in [5.41, 5.74) is 6.51. The molecule has 3 heterocycles. The summed E-state index contributed by atoms with van der Waals surface area (Å²) in [5, 5.41) is 2.67. The molecular weight excluding hydrogens is 598 g/mol. The van der Waals surface area contributed by atoms with Gasteiger partial charge in [0.1, 0.15) is 29.4 Å². The van der Waals surface area contributed by atoms with Gasteiger partial charge in [-0.1, -0.05) is 56.3 Å². The maximum atomic E-state index is 13.6. The molecule has 11 heteroatoms. The van der Waals surface area contributed by atoms with Crippen molar-refractivity contribution in [1.82, 2.24) is 20.2 Å². The van der Waals surface area contributed by atoms with Crippen molar-refractivity contribution >= 4 is 35.8 Å². The smallest absolute Gasteiger partial charge is 0.407 e. The number of carbonyl (C=O) groups is 2. The van der Waals surface area contributed by atoms with Crippen LogP contribution in [-0.2, 0) is 9.53 Å². The number of methoxy groups -OCH3 is 1. The average molecular weight is 642 g/mol. The van der Waals surface area contributed by atoms with Gasteiger partial charge >= 0.3 is 6.09 Å². The SMILES string of the molecule is C=C(Sc1ccccc1)[C@@](C)(C#CC#Cc1cnc([C@@H]2CCC=N2)[nH]1)C(C)N=C(N)[C@@H]1CCCN1C(=O)[C@@H](NC(=O)OC)C(C)C. The lowest BCUT2D eigenvalue weighted by atomic mass is 9.83. The van der Waals surface area contributed by atoms with Gasteiger partial charge in [0.15, 0.2) is 0 Å². The van der Waals surface area contributed by atoms with Crippen LogP contribution >= 0.6 is 11.8 Å². The van der Waals surface area contributed by atoms with Crippen LogP contribution in [-0.4, -0.2) is 70.7 Å². The Morgan fingerprint density at radius 2 is 2.00 bits per heavy atom. The molecule has 0 spiro atoms. The van der Waals surface area contributed by atoms with Crippen molar-refractivity contribution in [2.75, 3.05) is 13.7 Å². The molecule has 5 atom stereocenters. The van der Waals surface area contributed by atoms with Crippen LogP contribution in [0.15, 0.2) is 62.9 Å². The van der Waals surface area contributed by atoms with Crippen LogP contribution in [0.3, 0.4) is 0 Å². The summed E-state index contributed by atoms with van der Waals surface area (Å²) in [7, 11) is 1.27. The second-order valence-electron chi connectivity index (χ2n) is 11.9. The highest BCUT2D eigenvalue weighted by atomic mass is 32.2. The van der Waals surface area contributed by atoms with E-state index in [1.165, 1.54) is 18.9 Å². The molecule has 2 aromatic rings. The van der Waals surface area contributed by atoms with E-state index in [0.717, 1.165) is 34.9 Å². The maximum Gasteiger partial charge on any atom is 0.407 e. The number of hydrogen-bond acceptors (Lipinski definition) is 7. The van der Waals surface area contributed by atoms with Gasteiger partial charge in [-0.2, -0.15) is 0 Å². The number of ether oxygens (including phenoxy) is 1. The molecule has 0 bridgehead atoms. The number of amidine groups is 1. The van der Waals surface area contributed by atoms with Gasteiger partial charge in [0.25, 0.3) is 0 Å². The van der Waals surface area contributed by atoms with Gasteiger partial charge in [-0.25, -0.2) is 9.78 Å². The first-order valence-corrected chi connectivity index (χ1v) is 16.3. The summed E-state index contributed by atoms with van der Waals surface area (Å²) >= 11 is 1.53. The highest BCUT2D eigenvalue weighted by Crippen LogP contribution is 2.42. The summed E-state index contributed by atoms with van der Waals surface area (Å²) in [6.45, 7) is 12.6. The standard InChI is InChI=1S/C35H43N7O3S/c1-23(2)30(41-34(44)45-6)33(43)42-21-13-18-29(42)31(36)39-24(3)35(5,25(4)46-27-15-8-7-9-16-27)19-11-10-14-26-22-38-32(40-26)28-17-12-20-37-28/h7-9,15-16,20,22-24,28-30H,4,12-13,17-18,21H2,1-3,5-6H3,(H2,36,39)(H,38,40)(H,41,44)/t24?,28-,29-,30-,35-/m0/s1. The molecule has 242 valence electrons. The van der Waals surface area contributed by atoms with Crippen molar-refractivity contribution < 1.29 is 14.3 Å². The normalized spacial score (nSPS) is 20.1. The molecule has 4 rings (SSSR count). The van der Waals surface area contributed by atoms with Crippen molar-refractivity contribution in [2.24, 2.45) is 27.1 Å². The first-order valence-electron chi connectivity index (χ1n) is 15.5. The number of imidazole rings is 1. The van der Waals surface area contributed by atoms with E-state index < -0.39 is 29.6 Å². The van der Waals surface area contributed by atoms with Crippen molar-refractivity contribution in [3.05, 3.63) is 59.5 Å². The van der Waals surface area contributed by atoms with Crippen LogP contribution < -0.4 is 11.1 Å². The largest absolute Gasteiger partial charge is 0.453 e. The predicted octanol–water partition coefficient (Wildman–Crippen LogP) is 5.10. The number of nitrogens with one attached hydrogen (secondary N) is 2. The quantitative estimate of drug-likeness (QED) is 0.143. The summed E-state index contributed by atoms with van der Waals surface area (Å²) in [6.07, 6.45) is 6.31. The third kappa shape index (κ3) is 8.41. The number of hydrogen-bond donors (Lipinski definition) is 3. The van der Waals surface area contributed by atoms with Gasteiger partial charge in [-0.05, 0) is 81.6 Å². The lowest BCUT2D eigenvalue weighted by molar-refractivity contribution is -0.134. The Hall–Kier alpha value is -4.48. The topological polar surface area (TPSA) is 138 Å². The molecule has 1 unspecified atom stereocenters. The number of benzene rings is 1. The third-order valence-corrected chi connectivity index (χ3v) is 9.54. The summed E-state index contributed by atoms with van der Waals surface area (Å²) in [6, 6.07) is 8.45. The number of H-pyrrole nitrogens is 1. The maximum absolute atomic E-state index is 13.6. The van der Waals surface area contributed by atoms with Gasteiger partial charge in [-0.3, -0.25) is 14.8 Å². The number of rotatable bonds is 10. The Morgan fingerprint density at radius 1 is 1.24 bits per heavy atom. The number of alkyl carbamates (subject to hydrolysis) is 1. The second kappa shape index (κ2) is 15.7. The van der Waals surface area contributed by atoms with E-state index in [4.69, 9.17) is 15.5 Å². The third-order valence-electron chi connectivity index (χ3n) is 8.36. The van der Waals surface area contributed by atoms with Gasteiger partial charge in [0.2, 0.25) is 5.91 Å². The van der Waals surface area contributed by atoms with Crippen LogP contribution in [0, 0.1) is 35.0 Å². The number of thioether (sulfide) groups is 1. The minimum Gasteiger partial charge on any atom is -0.453 e. The van der Waals surface area contributed by atoms with E-state index in [9.17, 15) is 9.59 Å². The lowest BCUT2D eigenvalue weighted by Gasteiger charge is -2.33. The molecule has 2 aliphatic rings. The van der Waals surface area contributed by atoms with Crippen LogP contribution in [0.4, 0.5) is 4.79 Å². The first-order chi connectivity index (χ1) is 22.0. The fourth-order valence-corrected chi connectivity index (χ4v) is 6.36. The van der Waals surface area contributed by atoms with Crippen LogP contribution in [0.5, 0.6) is 0 Å². The molecule has 1 aromatic heterocycles. The summed E-state index contributed by atoms with van der Waals surface area (Å²) in [4.78, 5) is 46.1. The number of aromatic nitrogens is 2. The monoisotopic (exact) mass is 641 g/mol. The number of aliphatic imine (C=N–C) groups is 2. The number of amides is 2. The zero-order valence-corrected chi connectivity index (χ0v) is 28.0. The fourth-order valence-electron chi connectivity index (χ4n) is 5.34. The molecule has 1 fully saturated rings. The first kappa shape index (κ1) is 34.4. The van der Waals surface area contributed by atoms with E-state index in [1.54, 1.807) is 11.1 Å². The van der Waals surface area contributed by atoms with E-state index in [0.29, 0.717) is 24.5 Å². The Kier molecular flexibility index (Phi) is 11.7.